The number of thiophene rings is 1. The number of hydrogen-bond donors (Lipinski definition) is 1. The van der Waals surface area contributed by atoms with Gasteiger partial charge in [0, 0.05) is 38.5 Å². The molecule has 5 heteroatoms. The standard InChI is InChI=1S/C23H22ClIO2S/c24-21-8-6-16(22-13-18(26)12-19(14-25)27-22)10-17(21)11-20-7-9-23(28-20)15-4-2-1-3-5-15/h1-10,18-19,22,26H,11-14H2/t18-,19-,22+/m0/s1. The van der Waals surface area contributed by atoms with Gasteiger partial charge in [0.05, 0.1) is 18.3 Å². The first kappa shape index (κ1) is 20.4. The fourth-order valence-electron chi connectivity index (χ4n) is 3.65. The van der Waals surface area contributed by atoms with Crippen molar-refractivity contribution in [1.29, 1.82) is 0 Å². The van der Waals surface area contributed by atoms with Crippen LogP contribution < -0.4 is 0 Å². The number of halogens is 2. The zero-order valence-corrected chi connectivity index (χ0v) is 19.1. The van der Waals surface area contributed by atoms with Gasteiger partial charge in [0.2, 0.25) is 0 Å². The molecule has 0 saturated carbocycles. The second kappa shape index (κ2) is 9.26. The lowest BCUT2D eigenvalue weighted by Crippen LogP contribution is -2.32. The van der Waals surface area contributed by atoms with Crippen LogP contribution in [0.1, 0.15) is 34.9 Å². The molecule has 0 bridgehead atoms. The van der Waals surface area contributed by atoms with Gasteiger partial charge in [0.1, 0.15) is 0 Å². The molecule has 2 heterocycles. The summed E-state index contributed by atoms with van der Waals surface area (Å²) in [5.74, 6) is 0. The number of aliphatic hydroxyl groups is 1. The van der Waals surface area contributed by atoms with Gasteiger partial charge in [-0.1, -0.05) is 76.7 Å². The molecule has 28 heavy (non-hydrogen) atoms. The fourth-order valence-corrected chi connectivity index (χ4v) is 5.44. The Hall–Kier alpha value is -0.920. The first-order chi connectivity index (χ1) is 13.6. The van der Waals surface area contributed by atoms with Crippen molar-refractivity contribution in [2.75, 3.05) is 4.43 Å². The van der Waals surface area contributed by atoms with Crippen molar-refractivity contribution in [3.05, 3.63) is 81.7 Å². The second-order valence-electron chi connectivity index (χ2n) is 7.19. The molecule has 2 nitrogen and oxygen atoms in total. The Bertz CT molecular complexity index is 927. The van der Waals surface area contributed by atoms with E-state index in [4.69, 9.17) is 16.3 Å². The highest BCUT2D eigenvalue weighted by molar-refractivity contribution is 14.1. The van der Waals surface area contributed by atoms with Crippen molar-refractivity contribution in [3.63, 3.8) is 0 Å². The number of rotatable bonds is 5. The molecule has 146 valence electrons. The highest BCUT2D eigenvalue weighted by atomic mass is 127. The predicted octanol–water partition coefficient (Wildman–Crippen LogP) is 6.68. The van der Waals surface area contributed by atoms with Crippen LogP contribution in [-0.4, -0.2) is 21.7 Å². The SMILES string of the molecule is O[C@H]1C[C@@H](CI)O[C@@H](c2ccc(Cl)c(Cc3ccc(-c4ccccc4)s3)c2)C1. The summed E-state index contributed by atoms with van der Waals surface area (Å²) in [7, 11) is 0. The summed E-state index contributed by atoms with van der Waals surface area (Å²) >= 11 is 10.6. The predicted molar refractivity (Wildman–Crippen MR) is 126 cm³/mol. The summed E-state index contributed by atoms with van der Waals surface area (Å²) in [5.41, 5.74) is 3.45. The molecule has 4 rings (SSSR count). The maximum absolute atomic E-state index is 10.2. The molecule has 0 radical (unpaired) electrons. The molecular weight excluding hydrogens is 503 g/mol. The number of ether oxygens (including phenoxy) is 1. The van der Waals surface area contributed by atoms with Gasteiger partial charge in [0.15, 0.2) is 0 Å². The lowest BCUT2D eigenvalue weighted by atomic mass is 9.95. The Morgan fingerprint density at radius 1 is 1.07 bits per heavy atom. The van der Waals surface area contributed by atoms with Gasteiger partial charge in [-0.15, -0.1) is 11.3 Å². The average Bonchev–Trinajstić information content (AvgIpc) is 3.18. The van der Waals surface area contributed by atoms with Crippen LogP contribution in [0.5, 0.6) is 0 Å². The van der Waals surface area contributed by atoms with Crippen molar-refractivity contribution in [1.82, 2.24) is 0 Å². The average molecular weight is 525 g/mol. The molecule has 1 fully saturated rings. The third-order valence-electron chi connectivity index (χ3n) is 5.08. The van der Waals surface area contributed by atoms with Crippen molar-refractivity contribution in [2.24, 2.45) is 0 Å². The van der Waals surface area contributed by atoms with Crippen LogP contribution in [-0.2, 0) is 11.2 Å². The van der Waals surface area contributed by atoms with Crippen molar-refractivity contribution >= 4 is 45.5 Å². The number of aliphatic hydroxyl groups excluding tert-OH is 1. The number of benzene rings is 2. The Balaban J connectivity index is 1.54. The Kier molecular flexibility index (Phi) is 6.74. The topological polar surface area (TPSA) is 29.5 Å². The summed E-state index contributed by atoms with van der Waals surface area (Å²) in [5, 5.41) is 11.0. The van der Waals surface area contributed by atoms with E-state index in [0.717, 1.165) is 33.4 Å². The lowest BCUT2D eigenvalue weighted by Gasteiger charge is -2.33. The van der Waals surface area contributed by atoms with Crippen LogP contribution in [0, 0.1) is 0 Å². The summed E-state index contributed by atoms with van der Waals surface area (Å²) in [4.78, 5) is 2.55. The molecule has 2 aromatic carbocycles. The van der Waals surface area contributed by atoms with Gasteiger partial charge in [-0.2, -0.15) is 0 Å². The van der Waals surface area contributed by atoms with Crippen LogP contribution in [0.2, 0.25) is 5.02 Å². The van der Waals surface area contributed by atoms with Crippen molar-refractivity contribution in [3.8, 4) is 10.4 Å². The van der Waals surface area contributed by atoms with Gasteiger partial charge < -0.3 is 9.84 Å². The van der Waals surface area contributed by atoms with Crippen molar-refractivity contribution < 1.29 is 9.84 Å². The van der Waals surface area contributed by atoms with Gasteiger partial charge in [-0.3, -0.25) is 0 Å². The molecule has 3 atom stereocenters. The van der Waals surface area contributed by atoms with Crippen LogP contribution in [0.25, 0.3) is 10.4 Å². The number of alkyl halides is 1. The summed E-state index contributed by atoms with van der Waals surface area (Å²) in [6.07, 6.45) is 1.91. The quantitative estimate of drug-likeness (QED) is 0.298. The van der Waals surface area contributed by atoms with E-state index in [2.05, 4.69) is 65.1 Å². The van der Waals surface area contributed by atoms with E-state index in [1.807, 2.05) is 18.2 Å². The summed E-state index contributed by atoms with van der Waals surface area (Å²) in [6, 6.07) is 20.9. The first-order valence-electron chi connectivity index (χ1n) is 9.44. The molecule has 1 saturated heterocycles. The van der Waals surface area contributed by atoms with Crippen LogP contribution in [0.4, 0.5) is 0 Å². The van der Waals surface area contributed by atoms with E-state index in [9.17, 15) is 5.11 Å². The third kappa shape index (κ3) is 4.79. The van der Waals surface area contributed by atoms with Gasteiger partial charge in [-0.05, 0) is 34.9 Å². The van der Waals surface area contributed by atoms with E-state index in [1.165, 1.54) is 15.3 Å². The minimum absolute atomic E-state index is 0.0669. The van der Waals surface area contributed by atoms with Gasteiger partial charge >= 0.3 is 0 Å². The molecule has 1 N–H and O–H groups in total. The van der Waals surface area contributed by atoms with E-state index >= 15 is 0 Å². The first-order valence-corrected chi connectivity index (χ1v) is 12.2. The normalized spacial score (nSPS) is 22.3. The van der Waals surface area contributed by atoms with E-state index in [-0.39, 0.29) is 18.3 Å². The summed E-state index contributed by atoms with van der Waals surface area (Å²) in [6.45, 7) is 0. The maximum Gasteiger partial charge on any atom is 0.0853 e. The minimum Gasteiger partial charge on any atom is -0.393 e. The maximum atomic E-state index is 10.2. The minimum atomic E-state index is -0.302. The van der Waals surface area contributed by atoms with E-state index in [0.29, 0.717) is 6.42 Å². The van der Waals surface area contributed by atoms with E-state index < -0.39 is 0 Å². The Morgan fingerprint density at radius 2 is 1.89 bits per heavy atom. The molecule has 1 aliphatic rings. The zero-order chi connectivity index (χ0) is 19.5. The fraction of sp³-hybridized carbons (Fsp3) is 0.304. The summed E-state index contributed by atoms with van der Waals surface area (Å²) < 4.78 is 7.08. The molecule has 0 aliphatic carbocycles. The smallest absolute Gasteiger partial charge is 0.0853 e. The molecule has 3 aromatic rings. The highest BCUT2D eigenvalue weighted by Crippen LogP contribution is 2.35. The van der Waals surface area contributed by atoms with Crippen LogP contribution >= 0.6 is 45.5 Å². The zero-order valence-electron chi connectivity index (χ0n) is 15.4. The molecule has 0 spiro atoms. The molecular formula is C23H22ClIO2S. The highest BCUT2D eigenvalue weighted by Gasteiger charge is 2.29. The number of hydrogen-bond acceptors (Lipinski definition) is 3. The second-order valence-corrected chi connectivity index (χ2v) is 9.64. The van der Waals surface area contributed by atoms with E-state index in [1.54, 1.807) is 11.3 Å². The van der Waals surface area contributed by atoms with Crippen LogP contribution in [0.3, 0.4) is 0 Å². The lowest BCUT2D eigenvalue weighted by molar-refractivity contribution is -0.0864. The van der Waals surface area contributed by atoms with Crippen molar-refractivity contribution in [2.45, 2.75) is 37.6 Å². The molecule has 1 aromatic heterocycles. The van der Waals surface area contributed by atoms with Gasteiger partial charge in [0.25, 0.3) is 0 Å². The third-order valence-corrected chi connectivity index (χ3v) is 7.56. The monoisotopic (exact) mass is 524 g/mol. The van der Waals surface area contributed by atoms with Gasteiger partial charge in [-0.25, -0.2) is 0 Å². The van der Waals surface area contributed by atoms with Crippen LogP contribution in [0.15, 0.2) is 60.7 Å². The molecule has 0 unspecified atom stereocenters. The molecule has 1 aliphatic heterocycles. The largest absolute Gasteiger partial charge is 0.393 e. The Morgan fingerprint density at radius 3 is 2.68 bits per heavy atom. The Labute approximate surface area is 188 Å². The molecule has 0 amide bonds.